The lowest BCUT2D eigenvalue weighted by Gasteiger charge is -2.19. The number of aliphatic hydroxyl groups excluding tert-OH is 2. The van der Waals surface area contributed by atoms with Gasteiger partial charge in [0.1, 0.15) is 11.9 Å². The average molecular weight is 380 g/mol. The van der Waals surface area contributed by atoms with Gasteiger partial charge in [-0.1, -0.05) is 25.1 Å². The molecule has 1 aromatic carbocycles. The Labute approximate surface area is 160 Å². The van der Waals surface area contributed by atoms with Gasteiger partial charge < -0.3 is 15.5 Å². The normalized spacial score (nSPS) is 25.4. The monoisotopic (exact) mass is 380 g/mol. The van der Waals surface area contributed by atoms with Crippen LogP contribution >= 0.6 is 11.3 Å². The molecule has 138 valence electrons. The van der Waals surface area contributed by atoms with Crippen LogP contribution in [0.25, 0.3) is 27.0 Å². The molecule has 27 heavy (non-hydrogen) atoms. The summed E-state index contributed by atoms with van der Waals surface area (Å²) >= 11 is 1.70. The average Bonchev–Trinajstić information content (AvgIpc) is 3.37. The summed E-state index contributed by atoms with van der Waals surface area (Å²) in [7, 11) is 0. The summed E-state index contributed by atoms with van der Waals surface area (Å²) in [6, 6.07) is 11.9. The first-order valence-corrected chi connectivity index (χ1v) is 9.94. The van der Waals surface area contributed by atoms with Crippen molar-refractivity contribution < 1.29 is 10.2 Å². The quantitative estimate of drug-likeness (QED) is 0.509. The van der Waals surface area contributed by atoms with Gasteiger partial charge in [-0.3, -0.25) is 0 Å². The van der Waals surface area contributed by atoms with Crippen molar-refractivity contribution in [3.63, 3.8) is 0 Å². The molecule has 0 radical (unpaired) electrons. The molecule has 0 amide bonds. The molecule has 1 aliphatic rings. The van der Waals surface area contributed by atoms with Gasteiger partial charge in [0.05, 0.1) is 17.8 Å². The number of rotatable bonds is 3. The van der Waals surface area contributed by atoms with Crippen molar-refractivity contribution in [2.45, 2.75) is 31.6 Å². The van der Waals surface area contributed by atoms with Crippen molar-refractivity contribution in [2.24, 2.45) is 5.92 Å². The Balaban J connectivity index is 1.55. The van der Waals surface area contributed by atoms with E-state index in [1.54, 1.807) is 22.0 Å². The van der Waals surface area contributed by atoms with Crippen LogP contribution < -0.4 is 5.32 Å². The number of aliphatic hydroxyl groups is 2. The number of aromatic nitrogens is 3. The van der Waals surface area contributed by atoms with Crippen LogP contribution in [0.5, 0.6) is 0 Å². The summed E-state index contributed by atoms with van der Waals surface area (Å²) in [5, 5.41) is 31.7. The molecule has 7 heteroatoms. The fraction of sp³-hybridized carbons (Fsp3) is 0.300. The van der Waals surface area contributed by atoms with E-state index in [1.807, 2.05) is 25.1 Å². The Morgan fingerprint density at radius 3 is 2.89 bits per heavy atom. The molecule has 4 aromatic rings. The zero-order valence-electron chi connectivity index (χ0n) is 14.8. The van der Waals surface area contributed by atoms with Gasteiger partial charge in [-0.05, 0) is 35.2 Å². The van der Waals surface area contributed by atoms with E-state index in [0.29, 0.717) is 6.42 Å². The van der Waals surface area contributed by atoms with Gasteiger partial charge in [0, 0.05) is 22.5 Å². The fourth-order valence-corrected chi connectivity index (χ4v) is 4.84. The van der Waals surface area contributed by atoms with Crippen molar-refractivity contribution in [1.29, 1.82) is 0 Å². The predicted molar refractivity (Wildman–Crippen MR) is 107 cm³/mol. The summed E-state index contributed by atoms with van der Waals surface area (Å²) in [6.07, 6.45) is 0.938. The molecule has 3 N–H and O–H groups in total. The second-order valence-electron chi connectivity index (χ2n) is 7.22. The molecule has 0 aliphatic heterocycles. The molecule has 0 spiro atoms. The molecule has 3 aromatic heterocycles. The van der Waals surface area contributed by atoms with E-state index in [4.69, 9.17) is 5.10 Å². The molecular weight excluding hydrogens is 360 g/mol. The van der Waals surface area contributed by atoms with Crippen molar-refractivity contribution in [3.05, 3.63) is 48.0 Å². The van der Waals surface area contributed by atoms with Crippen molar-refractivity contribution >= 4 is 32.9 Å². The van der Waals surface area contributed by atoms with Crippen LogP contribution in [0.2, 0.25) is 0 Å². The molecule has 5 rings (SSSR count). The number of nitrogens with one attached hydrogen (secondary N) is 1. The zero-order chi connectivity index (χ0) is 18.5. The van der Waals surface area contributed by atoms with Gasteiger partial charge >= 0.3 is 0 Å². The summed E-state index contributed by atoms with van der Waals surface area (Å²) in [5.74, 6) is 0.814. The van der Waals surface area contributed by atoms with Gasteiger partial charge in [0.15, 0.2) is 5.65 Å². The van der Waals surface area contributed by atoms with Crippen LogP contribution in [0, 0.1) is 5.92 Å². The lowest BCUT2D eigenvalue weighted by atomic mass is 10.1. The Hall–Kier alpha value is -2.48. The van der Waals surface area contributed by atoms with Crippen LogP contribution in [-0.4, -0.2) is 43.1 Å². The number of anilines is 1. The highest BCUT2D eigenvalue weighted by Gasteiger charge is 2.39. The van der Waals surface area contributed by atoms with Gasteiger partial charge in [-0.15, -0.1) is 11.3 Å². The Morgan fingerprint density at radius 2 is 2.07 bits per heavy atom. The summed E-state index contributed by atoms with van der Waals surface area (Å²) < 4.78 is 2.97. The third-order valence-electron chi connectivity index (χ3n) is 5.42. The predicted octanol–water partition coefficient (Wildman–Crippen LogP) is 3.15. The van der Waals surface area contributed by atoms with Crippen molar-refractivity contribution in [3.8, 4) is 11.3 Å². The summed E-state index contributed by atoms with van der Waals surface area (Å²) in [5.41, 5.74) is 2.69. The van der Waals surface area contributed by atoms with Crippen LogP contribution in [0.1, 0.15) is 13.3 Å². The van der Waals surface area contributed by atoms with Crippen molar-refractivity contribution in [2.75, 3.05) is 5.32 Å². The molecule has 0 saturated heterocycles. The maximum Gasteiger partial charge on any atom is 0.157 e. The minimum absolute atomic E-state index is 0.0550. The molecule has 0 unspecified atom stereocenters. The third-order valence-corrected chi connectivity index (χ3v) is 6.38. The molecule has 3 heterocycles. The fourth-order valence-electron chi connectivity index (χ4n) is 3.92. The minimum Gasteiger partial charge on any atom is -0.390 e. The van der Waals surface area contributed by atoms with E-state index < -0.39 is 12.2 Å². The second kappa shape index (κ2) is 6.30. The number of benzene rings is 1. The highest BCUT2D eigenvalue weighted by molar-refractivity contribution is 7.17. The first kappa shape index (κ1) is 16.7. The standard InChI is InChI=1S/C20H20N4O2S/c1-11-9-15(19(26)18(11)25)22-16-5-7-21-17-10-14(23-24(16)17)13-4-2-3-12-6-8-27-20(12)13/h2-8,10-11,15,18-19,22,25-26H,9H2,1H3/t11-,15-,18-,19+/m1/s1. The molecule has 1 fully saturated rings. The largest absolute Gasteiger partial charge is 0.390 e. The van der Waals surface area contributed by atoms with Gasteiger partial charge in [-0.2, -0.15) is 9.61 Å². The van der Waals surface area contributed by atoms with Crippen LogP contribution in [0.3, 0.4) is 0 Å². The molecule has 1 aliphatic carbocycles. The first-order valence-electron chi connectivity index (χ1n) is 9.06. The van der Waals surface area contributed by atoms with E-state index in [9.17, 15) is 10.2 Å². The zero-order valence-corrected chi connectivity index (χ0v) is 15.6. The van der Waals surface area contributed by atoms with E-state index in [0.717, 1.165) is 22.7 Å². The number of thiophene rings is 1. The third kappa shape index (κ3) is 2.70. The maximum atomic E-state index is 10.3. The van der Waals surface area contributed by atoms with E-state index in [-0.39, 0.29) is 12.0 Å². The molecule has 6 nitrogen and oxygen atoms in total. The Kier molecular flexibility index (Phi) is 3.89. The summed E-state index contributed by atoms with van der Waals surface area (Å²) in [4.78, 5) is 4.43. The molecule has 4 atom stereocenters. The number of nitrogens with zero attached hydrogens (tertiary/aromatic N) is 3. The van der Waals surface area contributed by atoms with Crippen molar-refractivity contribution in [1.82, 2.24) is 14.6 Å². The highest BCUT2D eigenvalue weighted by atomic mass is 32.1. The number of hydrogen-bond acceptors (Lipinski definition) is 6. The van der Waals surface area contributed by atoms with Gasteiger partial charge in [0.2, 0.25) is 0 Å². The van der Waals surface area contributed by atoms with Crippen LogP contribution in [-0.2, 0) is 0 Å². The molecular formula is C20H20N4O2S. The second-order valence-corrected chi connectivity index (χ2v) is 8.14. The summed E-state index contributed by atoms with van der Waals surface area (Å²) in [6.45, 7) is 1.95. The maximum absolute atomic E-state index is 10.3. The molecule has 1 saturated carbocycles. The first-order chi connectivity index (χ1) is 13.1. The van der Waals surface area contributed by atoms with E-state index >= 15 is 0 Å². The Morgan fingerprint density at radius 1 is 1.19 bits per heavy atom. The topological polar surface area (TPSA) is 82.7 Å². The van der Waals surface area contributed by atoms with E-state index in [1.165, 1.54) is 10.1 Å². The minimum atomic E-state index is -0.793. The number of fused-ring (bicyclic) bond motifs is 2. The molecule has 0 bridgehead atoms. The Bertz CT molecular complexity index is 1120. The van der Waals surface area contributed by atoms with Gasteiger partial charge in [0.25, 0.3) is 0 Å². The lowest BCUT2D eigenvalue weighted by Crippen LogP contribution is -2.35. The lowest BCUT2D eigenvalue weighted by molar-refractivity contribution is 0.0210. The SMILES string of the molecule is C[C@@H]1C[C@@H](Nc2ccnc3cc(-c4cccc5ccsc45)nn23)[C@H](O)[C@@H]1O. The highest BCUT2D eigenvalue weighted by Crippen LogP contribution is 2.33. The van der Waals surface area contributed by atoms with Gasteiger partial charge in [-0.25, -0.2) is 4.98 Å². The van der Waals surface area contributed by atoms with E-state index in [2.05, 4.69) is 33.9 Å². The smallest absolute Gasteiger partial charge is 0.157 e. The number of hydrogen-bond donors (Lipinski definition) is 3. The van der Waals surface area contributed by atoms with Crippen LogP contribution in [0.4, 0.5) is 5.82 Å². The van der Waals surface area contributed by atoms with Crippen LogP contribution in [0.15, 0.2) is 48.0 Å².